The average molecular weight is 267 g/mol. The van der Waals surface area contributed by atoms with E-state index in [0.717, 1.165) is 0 Å². The fourth-order valence-corrected chi connectivity index (χ4v) is 1.51. The summed E-state index contributed by atoms with van der Waals surface area (Å²) in [4.78, 5) is 10.4. The molecule has 19 heavy (non-hydrogen) atoms. The van der Waals surface area contributed by atoms with Gasteiger partial charge in [0.25, 0.3) is 5.69 Å². The summed E-state index contributed by atoms with van der Waals surface area (Å²) in [5.41, 5.74) is 6.58. The molecular formula is C13H21N3O3. The second-order valence-corrected chi connectivity index (χ2v) is 4.69. The first kappa shape index (κ1) is 15.2. The summed E-state index contributed by atoms with van der Waals surface area (Å²) < 4.78 is 5.32. The molecule has 1 unspecified atom stereocenters. The van der Waals surface area contributed by atoms with Gasteiger partial charge in [-0.15, -0.1) is 0 Å². The number of benzene rings is 1. The number of anilines is 1. The number of ether oxygens (including phenoxy) is 1. The third-order valence-corrected chi connectivity index (χ3v) is 2.81. The number of nitrogens with one attached hydrogen (secondary N) is 1. The molecule has 1 aromatic carbocycles. The molecule has 0 amide bonds. The molecule has 0 spiro atoms. The summed E-state index contributed by atoms with van der Waals surface area (Å²) in [6.45, 7) is 6.92. The van der Waals surface area contributed by atoms with Crippen LogP contribution < -0.4 is 15.8 Å². The third-order valence-electron chi connectivity index (χ3n) is 2.81. The number of non-ortho nitro benzene ring substituents is 1. The van der Waals surface area contributed by atoms with Crippen molar-refractivity contribution in [3.63, 3.8) is 0 Å². The summed E-state index contributed by atoms with van der Waals surface area (Å²) in [6.07, 6.45) is 0. The van der Waals surface area contributed by atoms with E-state index in [0.29, 0.717) is 30.5 Å². The monoisotopic (exact) mass is 267 g/mol. The minimum Gasteiger partial charge on any atom is -0.494 e. The van der Waals surface area contributed by atoms with Gasteiger partial charge in [-0.05, 0) is 12.8 Å². The van der Waals surface area contributed by atoms with Gasteiger partial charge < -0.3 is 15.8 Å². The maximum atomic E-state index is 10.9. The van der Waals surface area contributed by atoms with Crippen LogP contribution in [-0.2, 0) is 0 Å². The Kier molecular flexibility index (Phi) is 5.57. The standard InChI is InChI=1S/C13H21N3O3/c1-4-19-12-6-10(5-11(7-12)16(17)18)15-8-13(14)9(2)3/h5-7,9,13,15H,4,8,14H2,1-3H3. The van der Waals surface area contributed by atoms with E-state index >= 15 is 0 Å². The molecule has 6 nitrogen and oxygen atoms in total. The van der Waals surface area contributed by atoms with E-state index in [1.54, 1.807) is 6.07 Å². The molecule has 1 rings (SSSR count). The number of rotatable bonds is 7. The molecule has 3 N–H and O–H groups in total. The van der Waals surface area contributed by atoms with Crippen LogP contribution in [0.15, 0.2) is 18.2 Å². The van der Waals surface area contributed by atoms with Crippen molar-refractivity contribution in [2.24, 2.45) is 11.7 Å². The molecule has 6 heteroatoms. The summed E-state index contributed by atoms with van der Waals surface area (Å²) >= 11 is 0. The van der Waals surface area contributed by atoms with Crippen LogP contribution in [0.4, 0.5) is 11.4 Å². The zero-order valence-electron chi connectivity index (χ0n) is 11.6. The fourth-order valence-electron chi connectivity index (χ4n) is 1.51. The van der Waals surface area contributed by atoms with Gasteiger partial charge in [-0.1, -0.05) is 13.8 Å². The molecule has 0 radical (unpaired) electrons. The number of nitrogens with zero attached hydrogens (tertiary/aromatic N) is 1. The summed E-state index contributed by atoms with van der Waals surface area (Å²) in [7, 11) is 0. The van der Waals surface area contributed by atoms with Gasteiger partial charge in [0.05, 0.1) is 17.6 Å². The van der Waals surface area contributed by atoms with E-state index in [9.17, 15) is 10.1 Å². The van der Waals surface area contributed by atoms with Gasteiger partial charge in [0.2, 0.25) is 0 Å². The van der Waals surface area contributed by atoms with Crippen LogP contribution in [-0.4, -0.2) is 24.1 Å². The largest absolute Gasteiger partial charge is 0.494 e. The molecule has 106 valence electrons. The Morgan fingerprint density at radius 2 is 2.11 bits per heavy atom. The molecular weight excluding hydrogens is 246 g/mol. The molecule has 0 bridgehead atoms. The van der Waals surface area contributed by atoms with Gasteiger partial charge in [-0.2, -0.15) is 0 Å². The minimum absolute atomic E-state index is 0.00481. The van der Waals surface area contributed by atoms with Crippen molar-refractivity contribution >= 4 is 11.4 Å². The summed E-state index contributed by atoms with van der Waals surface area (Å²) in [5.74, 6) is 0.829. The molecule has 0 aliphatic carbocycles. The molecule has 0 heterocycles. The van der Waals surface area contributed by atoms with Crippen molar-refractivity contribution in [2.45, 2.75) is 26.8 Å². The normalized spacial score (nSPS) is 12.3. The topological polar surface area (TPSA) is 90.4 Å². The van der Waals surface area contributed by atoms with Crippen LogP contribution in [0.2, 0.25) is 0 Å². The minimum atomic E-state index is -0.434. The van der Waals surface area contributed by atoms with Gasteiger partial charge in [0.1, 0.15) is 5.75 Å². The molecule has 0 aliphatic rings. The third kappa shape index (κ3) is 4.75. The molecule has 1 aromatic rings. The Morgan fingerprint density at radius 3 is 2.63 bits per heavy atom. The second kappa shape index (κ2) is 6.94. The number of nitro benzene ring substituents is 1. The fraction of sp³-hybridized carbons (Fsp3) is 0.538. The zero-order valence-corrected chi connectivity index (χ0v) is 11.6. The average Bonchev–Trinajstić information content (AvgIpc) is 2.35. The van der Waals surface area contributed by atoms with Crippen molar-refractivity contribution in [3.05, 3.63) is 28.3 Å². The molecule has 0 aliphatic heterocycles. The highest BCUT2D eigenvalue weighted by Gasteiger charge is 2.12. The van der Waals surface area contributed by atoms with E-state index < -0.39 is 4.92 Å². The van der Waals surface area contributed by atoms with E-state index in [1.807, 2.05) is 20.8 Å². The van der Waals surface area contributed by atoms with Crippen LogP contribution in [0.3, 0.4) is 0 Å². The van der Waals surface area contributed by atoms with Crippen molar-refractivity contribution in [1.82, 2.24) is 0 Å². The van der Waals surface area contributed by atoms with Gasteiger partial charge in [-0.25, -0.2) is 0 Å². The second-order valence-electron chi connectivity index (χ2n) is 4.69. The van der Waals surface area contributed by atoms with E-state index in [4.69, 9.17) is 10.5 Å². The van der Waals surface area contributed by atoms with E-state index in [2.05, 4.69) is 5.32 Å². The predicted octanol–water partition coefficient (Wildman–Crippen LogP) is 2.39. The number of nitro groups is 1. The lowest BCUT2D eigenvalue weighted by molar-refractivity contribution is -0.384. The maximum absolute atomic E-state index is 10.9. The highest BCUT2D eigenvalue weighted by Crippen LogP contribution is 2.26. The molecule has 0 fully saturated rings. The van der Waals surface area contributed by atoms with Crippen molar-refractivity contribution < 1.29 is 9.66 Å². The van der Waals surface area contributed by atoms with Crippen LogP contribution in [0.25, 0.3) is 0 Å². The first-order valence-electron chi connectivity index (χ1n) is 6.35. The highest BCUT2D eigenvalue weighted by atomic mass is 16.6. The Balaban J connectivity index is 2.84. The van der Waals surface area contributed by atoms with Gasteiger partial charge in [-0.3, -0.25) is 10.1 Å². The summed E-state index contributed by atoms with van der Waals surface area (Å²) in [6, 6.07) is 4.63. The number of hydrogen-bond acceptors (Lipinski definition) is 5. The Morgan fingerprint density at radius 1 is 1.42 bits per heavy atom. The quantitative estimate of drug-likeness (QED) is 0.584. The van der Waals surface area contributed by atoms with Crippen molar-refractivity contribution in [1.29, 1.82) is 0 Å². The van der Waals surface area contributed by atoms with Crippen LogP contribution >= 0.6 is 0 Å². The van der Waals surface area contributed by atoms with Crippen LogP contribution in [0.1, 0.15) is 20.8 Å². The Hall–Kier alpha value is -1.82. The molecule has 0 saturated heterocycles. The SMILES string of the molecule is CCOc1cc(NCC(N)C(C)C)cc([N+](=O)[O-])c1. The van der Waals surface area contributed by atoms with Gasteiger partial charge in [0, 0.05) is 30.4 Å². The Bertz CT molecular complexity index is 435. The Labute approximate surface area is 113 Å². The van der Waals surface area contributed by atoms with Crippen molar-refractivity contribution in [2.75, 3.05) is 18.5 Å². The van der Waals surface area contributed by atoms with Crippen LogP contribution in [0.5, 0.6) is 5.75 Å². The van der Waals surface area contributed by atoms with Crippen molar-refractivity contribution in [3.8, 4) is 5.75 Å². The molecule has 1 atom stereocenters. The maximum Gasteiger partial charge on any atom is 0.275 e. The first-order valence-corrected chi connectivity index (χ1v) is 6.35. The first-order chi connectivity index (χ1) is 8.93. The highest BCUT2D eigenvalue weighted by molar-refractivity contribution is 5.56. The van der Waals surface area contributed by atoms with Gasteiger partial charge >= 0.3 is 0 Å². The zero-order chi connectivity index (χ0) is 14.4. The summed E-state index contributed by atoms with van der Waals surface area (Å²) in [5, 5.41) is 14.0. The number of nitrogens with two attached hydrogens (primary N) is 1. The molecule has 0 aromatic heterocycles. The van der Waals surface area contributed by atoms with Gasteiger partial charge in [0.15, 0.2) is 0 Å². The lowest BCUT2D eigenvalue weighted by Crippen LogP contribution is -2.33. The smallest absolute Gasteiger partial charge is 0.275 e. The van der Waals surface area contributed by atoms with E-state index in [1.165, 1.54) is 12.1 Å². The lowest BCUT2D eigenvalue weighted by atomic mass is 10.1. The lowest BCUT2D eigenvalue weighted by Gasteiger charge is -2.17. The van der Waals surface area contributed by atoms with E-state index in [-0.39, 0.29) is 11.7 Å². The van der Waals surface area contributed by atoms with Crippen LogP contribution in [0, 0.1) is 16.0 Å². The number of hydrogen-bond donors (Lipinski definition) is 2. The molecule has 0 saturated carbocycles. The predicted molar refractivity (Wildman–Crippen MR) is 75.6 cm³/mol.